The molecular formula is C45H76N12O14S. The molecule has 0 spiro atoms. The Labute approximate surface area is 423 Å². The fourth-order valence-corrected chi connectivity index (χ4v) is 8.52. The number of hydrogen-bond donors (Lipinski definition) is 12. The minimum atomic E-state index is -1.72. The predicted molar refractivity (Wildman–Crippen MR) is 261 cm³/mol. The number of primary amides is 2. The quantitative estimate of drug-likeness (QED) is 0.0313. The number of carboxylic acids is 1. The van der Waals surface area contributed by atoms with Gasteiger partial charge < -0.3 is 74.4 Å². The molecule has 0 unspecified atom stereocenters. The number of amides is 11. The van der Waals surface area contributed by atoms with Crippen molar-refractivity contribution in [3.05, 3.63) is 0 Å². The first kappa shape index (κ1) is 62.0. The second kappa shape index (κ2) is 30.7. The van der Waals surface area contributed by atoms with Gasteiger partial charge in [0.15, 0.2) is 0 Å². The van der Waals surface area contributed by atoms with Gasteiger partial charge in [-0.25, -0.2) is 4.79 Å². The number of likely N-dealkylation sites (tertiary alicyclic amines) is 2. The van der Waals surface area contributed by atoms with Gasteiger partial charge in [0, 0.05) is 25.9 Å². The Bertz CT molecular complexity index is 1960. The third-order valence-electron chi connectivity index (χ3n) is 11.9. The molecule has 2 saturated heterocycles. The Morgan fingerprint density at radius 1 is 0.597 bits per heavy atom. The van der Waals surface area contributed by atoms with Crippen molar-refractivity contribution in [3.8, 4) is 0 Å². The van der Waals surface area contributed by atoms with Crippen LogP contribution < -0.4 is 54.4 Å². The van der Waals surface area contributed by atoms with Crippen LogP contribution in [0.5, 0.6) is 0 Å². The molecule has 0 bridgehead atoms. The van der Waals surface area contributed by atoms with Gasteiger partial charge in [-0.3, -0.25) is 52.7 Å². The Morgan fingerprint density at radius 2 is 1.07 bits per heavy atom. The van der Waals surface area contributed by atoms with Crippen molar-refractivity contribution < 1.29 is 67.7 Å². The van der Waals surface area contributed by atoms with Crippen molar-refractivity contribution in [3.63, 3.8) is 0 Å². The number of thioether (sulfide) groups is 1. The van der Waals surface area contributed by atoms with E-state index in [0.29, 0.717) is 25.0 Å². The predicted octanol–water partition coefficient (Wildman–Crippen LogP) is -4.21. The molecule has 2 heterocycles. The first-order valence-electron chi connectivity index (χ1n) is 24.2. The molecule has 72 heavy (non-hydrogen) atoms. The van der Waals surface area contributed by atoms with E-state index >= 15 is 0 Å². The van der Waals surface area contributed by atoms with E-state index in [4.69, 9.17) is 17.2 Å². The number of aliphatic carboxylic acids is 1. The molecule has 406 valence electrons. The van der Waals surface area contributed by atoms with Gasteiger partial charge in [0.2, 0.25) is 65.0 Å². The second-order valence-corrected chi connectivity index (χ2v) is 19.9. The zero-order valence-electron chi connectivity index (χ0n) is 42.0. The van der Waals surface area contributed by atoms with E-state index in [2.05, 4.69) is 37.2 Å². The highest BCUT2D eigenvalue weighted by atomic mass is 32.2. The number of carbonyl (C=O) groups is 12. The van der Waals surface area contributed by atoms with Crippen LogP contribution in [0.4, 0.5) is 0 Å². The minimum Gasteiger partial charge on any atom is -0.480 e. The standard InChI is InChI=1S/C45H76N12O14S/c1-23(2)19-29(41(66)51-27(12-14-35(48)60)40(65)55-31(22-58)45(70)71)53-37(62)25(5)50-39(64)28(15-18-72-6)52-42(67)30(20-24(3)4)54-43(68)32-9-7-17-57(32)44(69)33-10-8-16-56(33)36(61)21-49-38(63)26(46)11-13-34(47)59/h23-33,58H,7-22,46H2,1-6H3,(H2,47,59)(H2,48,60)(H,49,63)(H,50,64)(H,51,66)(H,52,67)(H,53,62)(H,54,68)(H,55,65)(H,70,71)/t25-,26-,27-,28-,29-,30-,31-,32-,33-/m0/s1. The summed E-state index contributed by atoms with van der Waals surface area (Å²) in [6.45, 7) is 7.54. The molecule has 26 nitrogen and oxygen atoms in total. The smallest absolute Gasteiger partial charge is 0.328 e. The first-order chi connectivity index (χ1) is 33.8. The Balaban J connectivity index is 2.19. The molecule has 0 aromatic heterocycles. The largest absolute Gasteiger partial charge is 0.480 e. The van der Waals surface area contributed by atoms with E-state index in [0.717, 1.165) is 0 Å². The SMILES string of the molecule is CSCC[C@H](NC(=O)[C@H](CC(C)C)NC(=O)[C@@H]1CCCN1C(=O)[C@@H]1CCCN1C(=O)CNC(=O)[C@@H](N)CCC(N)=O)C(=O)N[C@@H](C)C(=O)N[C@@H](CC(C)C)C(=O)N[C@@H](CCC(N)=O)C(=O)N[C@@H](CO)C(=O)O. The number of carbonyl (C=O) groups excluding carboxylic acids is 11. The zero-order chi connectivity index (χ0) is 54.4. The topological polar surface area (TPSA) is 414 Å². The van der Waals surface area contributed by atoms with Crippen LogP contribution in [0.2, 0.25) is 0 Å². The van der Waals surface area contributed by atoms with Crippen LogP contribution in [0, 0.1) is 11.8 Å². The third-order valence-corrected chi connectivity index (χ3v) is 12.6. The lowest BCUT2D eigenvalue weighted by molar-refractivity contribution is -0.147. The van der Waals surface area contributed by atoms with E-state index in [-0.39, 0.29) is 76.3 Å². The van der Waals surface area contributed by atoms with Crippen molar-refractivity contribution in [1.82, 2.24) is 47.0 Å². The Kier molecular flexibility index (Phi) is 26.5. The fraction of sp³-hybridized carbons (Fsp3) is 0.733. The maximum absolute atomic E-state index is 14.0. The lowest BCUT2D eigenvalue weighted by Gasteiger charge is -2.32. The molecule has 0 aliphatic carbocycles. The van der Waals surface area contributed by atoms with Gasteiger partial charge in [-0.1, -0.05) is 27.7 Å². The number of nitrogens with zero attached hydrogens (tertiary/aromatic N) is 2. The molecule has 2 aliphatic rings. The van der Waals surface area contributed by atoms with Crippen LogP contribution in [0.3, 0.4) is 0 Å². The molecule has 2 rings (SSSR count). The summed E-state index contributed by atoms with van der Waals surface area (Å²) in [5, 5.41) is 36.2. The molecule has 15 N–H and O–H groups in total. The number of rotatable bonds is 31. The molecule has 0 radical (unpaired) electrons. The molecule has 2 fully saturated rings. The van der Waals surface area contributed by atoms with Crippen molar-refractivity contribution in [1.29, 1.82) is 0 Å². The average Bonchev–Trinajstić information content (AvgIpc) is 4.02. The molecule has 2 aliphatic heterocycles. The van der Waals surface area contributed by atoms with Gasteiger partial charge in [0.1, 0.15) is 48.3 Å². The summed E-state index contributed by atoms with van der Waals surface area (Å²) in [7, 11) is 0. The van der Waals surface area contributed by atoms with E-state index in [1.165, 1.54) is 28.5 Å². The summed E-state index contributed by atoms with van der Waals surface area (Å²) in [6.07, 6.45) is 2.78. The van der Waals surface area contributed by atoms with Crippen LogP contribution in [-0.4, -0.2) is 184 Å². The fourth-order valence-electron chi connectivity index (χ4n) is 8.05. The molecule has 27 heteroatoms. The van der Waals surface area contributed by atoms with Crippen LogP contribution >= 0.6 is 11.8 Å². The van der Waals surface area contributed by atoms with Crippen molar-refractivity contribution in [2.45, 2.75) is 160 Å². The lowest BCUT2D eigenvalue weighted by atomic mass is 10.0. The lowest BCUT2D eigenvalue weighted by Crippen LogP contribution is -2.60. The van der Waals surface area contributed by atoms with Gasteiger partial charge in [-0.2, -0.15) is 11.8 Å². The highest BCUT2D eigenvalue weighted by Crippen LogP contribution is 2.25. The van der Waals surface area contributed by atoms with E-state index in [1.807, 2.05) is 13.8 Å². The minimum absolute atomic E-state index is 0.0107. The summed E-state index contributed by atoms with van der Waals surface area (Å²) in [5.41, 5.74) is 16.2. The zero-order valence-corrected chi connectivity index (χ0v) is 42.8. The number of carboxylic acid groups (broad SMARTS) is 1. The second-order valence-electron chi connectivity index (χ2n) is 18.9. The number of aliphatic hydroxyl groups is 1. The Hall–Kier alpha value is -6.09. The van der Waals surface area contributed by atoms with Gasteiger partial charge in [0.05, 0.1) is 19.2 Å². The van der Waals surface area contributed by atoms with Gasteiger partial charge in [-0.15, -0.1) is 0 Å². The highest BCUT2D eigenvalue weighted by Gasteiger charge is 2.43. The van der Waals surface area contributed by atoms with E-state index in [9.17, 15) is 67.7 Å². The third kappa shape index (κ3) is 20.6. The maximum Gasteiger partial charge on any atom is 0.328 e. The molecule has 0 aromatic rings. The number of nitrogens with one attached hydrogen (secondary N) is 7. The molecule has 9 atom stereocenters. The molecule has 11 amide bonds. The van der Waals surface area contributed by atoms with Gasteiger partial charge in [0.25, 0.3) is 0 Å². The van der Waals surface area contributed by atoms with Crippen molar-refractivity contribution in [2.75, 3.05) is 38.2 Å². The molecule has 0 saturated carbocycles. The number of nitrogens with two attached hydrogens (primary N) is 3. The number of hydrogen-bond acceptors (Lipinski definition) is 15. The average molecular weight is 1040 g/mol. The van der Waals surface area contributed by atoms with Crippen molar-refractivity contribution in [2.24, 2.45) is 29.0 Å². The Morgan fingerprint density at radius 3 is 1.60 bits per heavy atom. The molecule has 0 aromatic carbocycles. The first-order valence-corrected chi connectivity index (χ1v) is 25.6. The van der Waals surface area contributed by atoms with Crippen LogP contribution in [0.25, 0.3) is 0 Å². The van der Waals surface area contributed by atoms with Crippen LogP contribution in [0.15, 0.2) is 0 Å². The number of aliphatic hydroxyl groups excluding tert-OH is 1. The normalized spacial score (nSPS) is 18.4. The van der Waals surface area contributed by atoms with Crippen LogP contribution in [0.1, 0.15) is 105 Å². The maximum atomic E-state index is 14.0. The monoisotopic (exact) mass is 1040 g/mol. The van der Waals surface area contributed by atoms with Gasteiger partial charge >= 0.3 is 5.97 Å². The van der Waals surface area contributed by atoms with Gasteiger partial charge in [-0.05, 0) is 88.6 Å². The molecular weight excluding hydrogens is 965 g/mol. The summed E-state index contributed by atoms with van der Waals surface area (Å²) < 4.78 is 0. The van der Waals surface area contributed by atoms with E-state index < -0.39 is 138 Å². The van der Waals surface area contributed by atoms with Crippen molar-refractivity contribution >= 4 is 82.7 Å². The van der Waals surface area contributed by atoms with E-state index in [1.54, 1.807) is 20.1 Å². The highest BCUT2D eigenvalue weighted by molar-refractivity contribution is 7.98. The summed E-state index contributed by atoms with van der Waals surface area (Å²) >= 11 is 1.38. The summed E-state index contributed by atoms with van der Waals surface area (Å²) in [5.74, 6) is -9.40. The summed E-state index contributed by atoms with van der Waals surface area (Å²) in [4.78, 5) is 158. The summed E-state index contributed by atoms with van der Waals surface area (Å²) in [6, 6.07) is -11.1. The van der Waals surface area contributed by atoms with Crippen LogP contribution in [-0.2, 0) is 57.5 Å².